The van der Waals surface area contributed by atoms with Crippen LogP contribution >= 0.6 is 0 Å². The maximum Gasteiger partial charge on any atom is 0.135 e. The van der Waals surface area contributed by atoms with Crippen LogP contribution in [0.4, 0.5) is 0 Å². The smallest absolute Gasteiger partial charge is 0.135 e. The van der Waals surface area contributed by atoms with Crippen LogP contribution in [0.3, 0.4) is 0 Å². The Hall–Kier alpha value is -0.790. The zero-order valence-corrected chi connectivity index (χ0v) is 6.18. The fourth-order valence-corrected chi connectivity index (χ4v) is 1.06. The first-order valence-electron chi connectivity index (χ1n) is 3.72. The third-order valence-electron chi connectivity index (χ3n) is 1.57. The lowest BCUT2D eigenvalue weighted by molar-refractivity contribution is 0.174. The average molecular weight is 139 g/mol. The fourth-order valence-electron chi connectivity index (χ4n) is 1.06. The minimum absolute atomic E-state index is 0.531. The summed E-state index contributed by atoms with van der Waals surface area (Å²) in [4.78, 5) is 4.94. The van der Waals surface area contributed by atoms with E-state index in [4.69, 9.17) is 4.84 Å². The van der Waals surface area contributed by atoms with Gasteiger partial charge in [-0.25, -0.2) is 0 Å². The lowest BCUT2D eigenvalue weighted by Crippen LogP contribution is -1.91. The predicted molar refractivity (Wildman–Crippen MR) is 42.1 cm³/mol. The van der Waals surface area contributed by atoms with Gasteiger partial charge in [-0.1, -0.05) is 17.8 Å². The average Bonchev–Trinajstić information content (AvgIpc) is 2.41. The third-order valence-corrected chi connectivity index (χ3v) is 1.57. The Morgan fingerprint density at radius 1 is 1.50 bits per heavy atom. The molecule has 56 valence electrons. The molecule has 0 radical (unpaired) electrons. The molecule has 0 saturated heterocycles. The van der Waals surface area contributed by atoms with Crippen molar-refractivity contribution in [2.24, 2.45) is 5.16 Å². The van der Waals surface area contributed by atoms with E-state index in [9.17, 15) is 0 Å². The normalized spacial score (nSPS) is 17.0. The molecule has 10 heavy (non-hydrogen) atoms. The summed E-state index contributed by atoms with van der Waals surface area (Å²) in [5, 5.41) is 3.96. The molecule has 0 unspecified atom stereocenters. The molecule has 1 fully saturated rings. The van der Waals surface area contributed by atoms with Crippen molar-refractivity contribution >= 4 is 5.71 Å². The van der Waals surface area contributed by atoms with E-state index in [1.807, 2.05) is 0 Å². The first-order chi connectivity index (χ1) is 4.93. The van der Waals surface area contributed by atoms with E-state index < -0.39 is 0 Å². The van der Waals surface area contributed by atoms with Gasteiger partial charge in [-0.15, -0.1) is 0 Å². The van der Waals surface area contributed by atoms with E-state index >= 15 is 0 Å². The molecule has 0 spiro atoms. The summed E-state index contributed by atoms with van der Waals surface area (Å²) < 4.78 is 0. The van der Waals surface area contributed by atoms with Gasteiger partial charge in [-0.3, -0.25) is 0 Å². The minimum atomic E-state index is 0.531. The molecule has 1 saturated carbocycles. The molecule has 0 aromatic rings. The molecule has 2 nitrogen and oxygen atoms in total. The highest BCUT2D eigenvalue weighted by Crippen LogP contribution is 2.14. The molecule has 1 aliphatic carbocycles. The number of hydrogen-bond acceptors (Lipinski definition) is 2. The largest absolute Gasteiger partial charge is 0.392 e. The Morgan fingerprint density at radius 3 is 2.80 bits per heavy atom. The molecular weight excluding hydrogens is 126 g/mol. The van der Waals surface area contributed by atoms with Gasteiger partial charge in [0, 0.05) is 0 Å². The van der Waals surface area contributed by atoms with E-state index in [1.54, 1.807) is 6.08 Å². The van der Waals surface area contributed by atoms with Gasteiger partial charge in [0.05, 0.1) is 5.71 Å². The molecule has 1 aliphatic rings. The van der Waals surface area contributed by atoms with Crippen molar-refractivity contribution < 1.29 is 4.84 Å². The highest BCUT2D eigenvalue weighted by Gasteiger charge is 2.07. The first-order valence-corrected chi connectivity index (χ1v) is 3.72. The van der Waals surface area contributed by atoms with Crippen LogP contribution in [0, 0.1) is 0 Å². The third kappa shape index (κ3) is 2.21. The fraction of sp³-hybridized carbons (Fsp3) is 0.625. The number of nitrogens with zero attached hydrogens (tertiary/aromatic N) is 1. The molecule has 2 heteroatoms. The number of rotatable bonds is 3. The molecule has 0 aromatic carbocycles. The van der Waals surface area contributed by atoms with Gasteiger partial charge < -0.3 is 4.84 Å². The summed E-state index contributed by atoms with van der Waals surface area (Å²) in [6, 6.07) is 0. The van der Waals surface area contributed by atoms with E-state index in [-0.39, 0.29) is 0 Å². The second-order valence-electron chi connectivity index (χ2n) is 2.45. The van der Waals surface area contributed by atoms with Crippen LogP contribution in [0.15, 0.2) is 17.8 Å². The number of hydrogen-bond donors (Lipinski definition) is 0. The van der Waals surface area contributed by atoms with Gasteiger partial charge >= 0.3 is 0 Å². The molecular formula is C8H13NO. The van der Waals surface area contributed by atoms with Crippen LogP contribution in [0.1, 0.15) is 25.7 Å². The topological polar surface area (TPSA) is 21.6 Å². The Labute approximate surface area is 61.6 Å². The highest BCUT2D eigenvalue weighted by atomic mass is 16.6. The summed E-state index contributed by atoms with van der Waals surface area (Å²) >= 11 is 0. The summed E-state index contributed by atoms with van der Waals surface area (Å²) in [6.45, 7) is 4.06. The van der Waals surface area contributed by atoms with E-state index in [0.29, 0.717) is 6.61 Å². The monoisotopic (exact) mass is 139 g/mol. The van der Waals surface area contributed by atoms with Gasteiger partial charge in [0.1, 0.15) is 6.61 Å². The van der Waals surface area contributed by atoms with E-state index in [2.05, 4.69) is 11.7 Å². The molecule has 0 heterocycles. The SMILES string of the molecule is C=CCON=C1CCCC1. The zero-order valence-electron chi connectivity index (χ0n) is 6.18. The van der Waals surface area contributed by atoms with Crippen LogP contribution in [0.2, 0.25) is 0 Å². The van der Waals surface area contributed by atoms with Crippen molar-refractivity contribution in [1.82, 2.24) is 0 Å². The lowest BCUT2D eigenvalue weighted by atomic mass is 10.3. The predicted octanol–water partition coefficient (Wildman–Crippen LogP) is 2.12. The van der Waals surface area contributed by atoms with Crippen molar-refractivity contribution in [1.29, 1.82) is 0 Å². The Balaban J connectivity index is 2.18. The molecule has 1 rings (SSSR count). The quantitative estimate of drug-likeness (QED) is 0.333. The molecule has 0 N–H and O–H groups in total. The Kier molecular flexibility index (Phi) is 3.00. The Morgan fingerprint density at radius 2 is 2.20 bits per heavy atom. The molecule has 0 atom stereocenters. The maximum atomic E-state index is 4.94. The maximum absolute atomic E-state index is 4.94. The van der Waals surface area contributed by atoms with Gasteiger partial charge in [-0.05, 0) is 25.7 Å². The second kappa shape index (κ2) is 4.09. The van der Waals surface area contributed by atoms with Crippen molar-refractivity contribution in [3.8, 4) is 0 Å². The molecule has 0 aliphatic heterocycles. The van der Waals surface area contributed by atoms with Crippen LogP contribution in [0.5, 0.6) is 0 Å². The molecule has 0 bridgehead atoms. The summed E-state index contributed by atoms with van der Waals surface area (Å²) in [7, 11) is 0. The van der Waals surface area contributed by atoms with Crippen molar-refractivity contribution in [3.63, 3.8) is 0 Å². The zero-order chi connectivity index (χ0) is 7.23. The van der Waals surface area contributed by atoms with E-state index in [0.717, 1.165) is 12.8 Å². The van der Waals surface area contributed by atoms with Gasteiger partial charge in [0.25, 0.3) is 0 Å². The lowest BCUT2D eigenvalue weighted by Gasteiger charge is -1.94. The van der Waals surface area contributed by atoms with E-state index in [1.165, 1.54) is 18.6 Å². The standard InChI is InChI=1S/C8H13NO/c1-2-7-10-9-8-5-3-4-6-8/h2H,1,3-7H2. The van der Waals surface area contributed by atoms with Crippen LogP contribution in [0.25, 0.3) is 0 Å². The minimum Gasteiger partial charge on any atom is -0.392 e. The second-order valence-corrected chi connectivity index (χ2v) is 2.45. The first kappa shape index (κ1) is 7.32. The van der Waals surface area contributed by atoms with Crippen LogP contribution in [-0.4, -0.2) is 12.3 Å². The van der Waals surface area contributed by atoms with Gasteiger partial charge in [0.2, 0.25) is 0 Å². The molecule has 0 amide bonds. The summed E-state index contributed by atoms with van der Waals surface area (Å²) in [5.74, 6) is 0. The Bertz CT molecular complexity index is 132. The van der Waals surface area contributed by atoms with Crippen LogP contribution in [-0.2, 0) is 4.84 Å². The van der Waals surface area contributed by atoms with Gasteiger partial charge in [-0.2, -0.15) is 0 Å². The van der Waals surface area contributed by atoms with Crippen molar-refractivity contribution in [3.05, 3.63) is 12.7 Å². The highest BCUT2D eigenvalue weighted by molar-refractivity contribution is 5.85. The number of oxime groups is 1. The molecule has 0 aromatic heterocycles. The summed E-state index contributed by atoms with van der Waals surface area (Å²) in [5.41, 5.74) is 1.21. The van der Waals surface area contributed by atoms with Crippen molar-refractivity contribution in [2.45, 2.75) is 25.7 Å². The summed E-state index contributed by atoms with van der Waals surface area (Å²) in [6.07, 6.45) is 6.50. The van der Waals surface area contributed by atoms with Gasteiger partial charge in [0.15, 0.2) is 0 Å². The van der Waals surface area contributed by atoms with Crippen LogP contribution < -0.4 is 0 Å². The van der Waals surface area contributed by atoms with Crippen molar-refractivity contribution in [2.75, 3.05) is 6.61 Å².